The number of nitrogens with one attached hydrogen (secondary N) is 1. The fraction of sp³-hybridized carbons (Fsp3) is 0.188. The molecule has 0 aliphatic heterocycles. The fourth-order valence-corrected chi connectivity index (χ4v) is 3.33. The standard InChI is InChI=1S/C16H14ClN3O2S/c1-3-22-16(21)11-7-23-15-13(11)14(18-8-19-15)20-12-5-4-10(17)6-9(12)2/h4-8H,3H2,1-2H3,(H,18,19,20). The van der Waals surface area contributed by atoms with Crippen molar-refractivity contribution in [3.8, 4) is 0 Å². The molecule has 0 saturated heterocycles. The second kappa shape index (κ2) is 6.52. The van der Waals surface area contributed by atoms with Crippen molar-refractivity contribution >= 4 is 50.6 Å². The van der Waals surface area contributed by atoms with Crippen molar-refractivity contribution < 1.29 is 9.53 Å². The minimum Gasteiger partial charge on any atom is -0.462 e. The van der Waals surface area contributed by atoms with Crippen molar-refractivity contribution in [3.05, 3.63) is 46.1 Å². The number of nitrogens with zero attached hydrogens (tertiary/aromatic N) is 2. The number of carbonyl (C=O) groups is 1. The van der Waals surface area contributed by atoms with Crippen molar-refractivity contribution in [3.63, 3.8) is 0 Å². The molecule has 2 heterocycles. The monoisotopic (exact) mass is 347 g/mol. The highest BCUT2D eigenvalue weighted by Crippen LogP contribution is 2.32. The first kappa shape index (κ1) is 15.7. The number of esters is 1. The molecule has 0 unspecified atom stereocenters. The predicted octanol–water partition coefficient (Wildman–Crippen LogP) is 4.57. The minimum atomic E-state index is -0.371. The summed E-state index contributed by atoms with van der Waals surface area (Å²) in [6.07, 6.45) is 1.47. The molecule has 2 aromatic heterocycles. The number of halogens is 1. The molecule has 5 nitrogen and oxygen atoms in total. The molecule has 0 amide bonds. The maximum Gasteiger partial charge on any atom is 0.339 e. The second-order valence-corrected chi connectivity index (χ2v) is 6.15. The number of hydrogen-bond acceptors (Lipinski definition) is 6. The SMILES string of the molecule is CCOC(=O)c1csc2ncnc(Nc3ccc(Cl)cc3C)c12. The van der Waals surface area contributed by atoms with E-state index < -0.39 is 0 Å². The third kappa shape index (κ3) is 3.13. The highest BCUT2D eigenvalue weighted by Gasteiger charge is 2.18. The van der Waals surface area contributed by atoms with Crippen molar-refractivity contribution in [2.45, 2.75) is 13.8 Å². The molecule has 0 spiro atoms. The van der Waals surface area contributed by atoms with E-state index >= 15 is 0 Å². The quantitative estimate of drug-likeness (QED) is 0.700. The van der Waals surface area contributed by atoms with Crippen LogP contribution in [0.25, 0.3) is 10.2 Å². The van der Waals surface area contributed by atoms with Gasteiger partial charge in [-0.3, -0.25) is 0 Å². The average Bonchev–Trinajstić information content (AvgIpc) is 2.95. The summed E-state index contributed by atoms with van der Waals surface area (Å²) in [5, 5.41) is 6.34. The third-order valence-electron chi connectivity index (χ3n) is 3.31. The zero-order valence-corrected chi connectivity index (χ0v) is 14.2. The highest BCUT2D eigenvalue weighted by molar-refractivity contribution is 7.17. The predicted molar refractivity (Wildman–Crippen MR) is 92.8 cm³/mol. The lowest BCUT2D eigenvalue weighted by Gasteiger charge is -2.10. The van der Waals surface area contributed by atoms with Gasteiger partial charge < -0.3 is 10.1 Å². The van der Waals surface area contributed by atoms with Gasteiger partial charge in [-0.15, -0.1) is 11.3 Å². The molecule has 118 valence electrons. The molecule has 0 atom stereocenters. The first-order valence-corrected chi connectivity index (χ1v) is 8.28. The van der Waals surface area contributed by atoms with Gasteiger partial charge in [0.05, 0.1) is 17.6 Å². The molecule has 0 bridgehead atoms. The molecule has 3 aromatic rings. The third-order valence-corrected chi connectivity index (χ3v) is 4.43. The van der Waals surface area contributed by atoms with Gasteiger partial charge in [0.15, 0.2) is 0 Å². The number of rotatable bonds is 4. The van der Waals surface area contributed by atoms with E-state index in [4.69, 9.17) is 16.3 Å². The van der Waals surface area contributed by atoms with Crippen molar-refractivity contribution in [1.29, 1.82) is 0 Å². The zero-order chi connectivity index (χ0) is 16.4. The van der Waals surface area contributed by atoms with Crippen LogP contribution < -0.4 is 5.32 Å². The maximum absolute atomic E-state index is 12.1. The molecule has 0 aliphatic carbocycles. The van der Waals surface area contributed by atoms with E-state index in [9.17, 15) is 4.79 Å². The summed E-state index contributed by atoms with van der Waals surface area (Å²) in [5.41, 5.74) is 2.33. The largest absolute Gasteiger partial charge is 0.462 e. The Morgan fingerprint density at radius 3 is 2.96 bits per heavy atom. The first-order valence-electron chi connectivity index (χ1n) is 7.02. The van der Waals surface area contributed by atoms with Crippen molar-refractivity contribution in [2.24, 2.45) is 0 Å². The molecule has 0 aliphatic rings. The summed E-state index contributed by atoms with van der Waals surface area (Å²) in [6.45, 7) is 4.05. The van der Waals surface area contributed by atoms with Crippen LogP contribution in [0, 0.1) is 6.92 Å². The minimum absolute atomic E-state index is 0.322. The van der Waals surface area contributed by atoms with E-state index in [-0.39, 0.29) is 5.97 Å². The number of carbonyl (C=O) groups excluding carboxylic acids is 1. The number of aromatic nitrogens is 2. The number of benzene rings is 1. The van der Waals surface area contributed by atoms with Gasteiger partial charge in [-0.05, 0) is 37.6 Å². The van der Waals surface area contributed by atoms with Gasteiger partial charge in [-0.1, -0.05) is 11.6 Å². The van der Waals surface area contributed by atoms with E-state index in [1.165, 1.54) is 17.7 Å². The van der Waals surface area contributed by atoms with Gasteiger partial charge in [0.25, 0.3) is 0 Å². The molecule has 3 rings (SSSR count). The molecular formula is C16H14ClN3O2S. The van der Waals surface area contributed by atoms with Crippen LogP contribution in [0.5, 0.6) is 0 Å². The van der Waals surface area contributed by atoms with Crippen molar-refractivity contribution in [1.82, 2.24) is 9.97 Å². The lowest BCUT2D eigenvalue weighted by Crippen LogP contribution is -2.05. The fourth-order valence-electron chi connectivity index (χ4n) is 2.22. The number of ether oxygens (including phenoxy) is 1. The van der Waals surface area contributed by atoms with Crippen LogP contribution in [0.2, 0.25) is 5.02 Å². The Bertz CT molecular complexity index is 879. The topological polar surface area (TPSA) is 64.1 Å². The Kier molecular flexibility index (Phi) is 4.45. The van der Waals surface area contributed by atoms with E-state index in [1.54, 1.807) is 18.4 Å². The molecule has 0 radical (unpaired) electrons. The molecule has 0 fully saturated rings. The van der Waals surface area contributed by atoms with Crippen LogP contribution in [0.1, 0.15) is 22.8 Å². The maximum atomic E-state index is 12.1. The Hall–Kier alpha value is -2.18. The summed E-state index contributed by atoms with van der Waals surface area (Å²) in [4.78, 5) is 21.4. The summed E-state index contributed by atoms with van der Waals surface area (Å²) < 4.78 is 5.11. The molecular weight excluding hydrogens is 334 g/mol. The van der Waals surface area contributed by atoms with Gasteiger partial charge in [0.1, 0.15) is 17.0 Å². The number of fused-ring (bicyclic) bond motifs is 1. The lowest BCUT2D eigenvalue weighted by atomic mass is 10.2. The number of thiophene rings is 1. The van der Waals surface area contributed by atoms with E-state index in [0.717, 1.165) is 16.1 Å². The molecule has 23 heavy (non-hydrogen) atoms. The second-order valence-electron chi connectivity index (χ2n) is 4.86. The van der Waals surface area contributed by atoms with Gasteiger partial charge in [-0.25, -0.2) is 14.8 Å². The summed E-state index contributed by atoms with van der Waals surface area (Å²) in [6, 6.07) is 5.54. The Labute approximate surface area is 142 Å². The first-order chi connectivity index (χ1) is 11.1. The lowest BCUT2D eigenvalue weighted by molar-refractivity contribution is 0.0529. The Morgan fingerprint density at radius 2 is 2.22 bits per heavy atom. The number of aryl methyl sites for hydroxylation is 1. The van der Waals surface area contributed by atoms with E-state index in [1.807, 2.05) is 19.1 Å². The van der Waals surface area contributed by atoms with Gasteiger partial charge in [0.2, 0.25) is 0 Å². The summed E-state index contributed by atoms with van der Waals surface area (Å²) in [5.74, 6) is 0.203. The van der Waals surface area contributed by atoms with Crippen LogP contribution in [-0.2, 0) is 4.74 Å². The van der Waals surface area contributed by atoms with Gasteiger partial charge in [0, 0.05) is 16.1 Å². The van der Waals surface area contributed by atoms with E-state index in [2.05, 4.69) is 15.3 Å². The van der Waals surface area contributed by atoms with Gasteiger partial charge >= 0.3 is 5.97 Å². The van der Waals surface area contributed by atoms with Crippen LogP contribution in [-0.4, -0.2) is 22.5 Å². The van der Waals surface area contributed by atoms with Crippen LogP contribution in [0.3, 0.4) is 0 Å². The van der Waals surface area contributed by atoms with E-state index in [0.29, 0.717) is 28.4 Å². The number of anilines is 2. The smallest absolute Gasteiger partial charge is 0.339 e. The van der Waals surface area contributed by atoms with Crippen molar-refractivity contribution in [2.75, 3.05) is 11.9 Å². The average molecular weight is 348 g/mol. The number of hydrogen-bond donors (Lipinski definition) is 1. The zero-order valence-electron chi connectivity index (χ0n) is 12.6. The Morgan fingerprint density at radius 1 is 1.39 bits per heavy atom. The molecule has 1 N–H and O–H groups in total. The molecule has 1 aromatic carbocycles. The summed E-state index contributed by atoms with van der Waals surface area (Å²) >= 11 is 7.37. The molecule has 7 heteroatoms. The van der Waals surface area contributed by atoms with Crippen LogP contribution in [0.4, 0.5) is 11.5 Å². The summed E-state index contributed by atoms with van der Waals surface area (Å²) in [7, 11) is 0. The van der Waals surface area contributed by atoms with Crippen LogP contribution in [0.15, 0.2) is 29.9 Å². The highest BCUT2D eigenvalue weighted by atomic mass is 35.5. The van der Waals surface area contributed by atoms with Crippen LogP contribution >= 0.6 is 22.9 Å². The Balaban J connectivity index is 2.06. The molecule has 0 saturated carbocycles. The van der Waals surface area contributed by atoms with Gasteiger partial charge in [-0.2, -0.15) is 0 Å². The normalized spacial score (nSPS) is 10.7.